The van der Waals surface area contributed by atoms with E-state index in [4.69, 9.17) is 9.47 Å². The van der Waals surface area contributed by atoms with Crippen LogP contribution in [0, 0.1) is 6.92 Å². The van der Waals surface area contributed by atoms with E-state index < -0.39 is 23.6 Å². The average Bonchev–Trinajstić information content (AvgIpc) is 2.41. The maximum atomic E-state index is 13.3. The van der Waals surface area contributed by atoms with Crippen LogP contribution in [0.25, 0.3) is 0 Å². The minimum Gasteiger partial charge on any atom is -0.465 e. The predicted octanol–water partition coefficient (Wildman–Crippen LogP) is 3.73. The molecule has 0 aliphatic carbocycles. The molecule has 0 atom stereocenters. The molecule has 0 N–H and O–H groups in total. The molecular weight excluding hydrogens is 353 g/mol. The number of alkyl halides is 3. The van der Waals surface area contributed by atoms with Crippen LogP contribution in [0.3, 0.4) is 0 Å². The highest BCUT2D eigenvalue weighted by atomic mass is 19.4. The monoisotopic (exact) mass is 376 g/mol. The summed E-state index contributed by atoms with van der Waals surface area (Å²) in [7, 11) is 1.32. The zero-order valence-electron chi connectivity index (χ0n) is 15.4. The molecule has 146 valence electrons. The molecule has 1 fully saturated rings. The number of likely N-dealkylation sites (tertiary alicyclic amines) is 1. The van der Waals surface area contributed by atoms with Crippen LogP contribution in [0.4, 0.5) is 18.0 Å². The van der Waals surface area contributed by atoms with Crippen LogP contribution >= 0.6 is 0 Å². The number of carbonyl (C=O) groups is 1. The zero-order valence-corrected chi connectivity index (χ0v) is 15.4. The molecule has 1 aromatic heterocycles. The number of rotatable bonds is 4. The van der Waals surface area contributed by atoms with Crippen molar-refractivity contribution in [1.82, 2.24) is 9.88 Å². The van der Waals surface area contributed by atoms with Gasteiger partial charge in [-0.3, -0.25) is 0 Å². The Kier molecular flexibility index (Phi) is 5.70. The van der Waals surface area contributed by atoms with Crippen molar-refractivity contribution in [3.8, 4) is 5.75 Å². The smallest absolute Gasteiger partial charge is 0.437 e. The van der Waals surface area contributed by atoms with Crippen molar-refractivity contribution in [1.29, 1.82) is 0 Å². The lowest BCUT2D eigenvalue weighted by molar-refractivity contribution is -0.143. The van der Waals surface area contributed by atoms with E-state index in [1.54, 1.807) is 26.8 Å². The first-order chi connectivity index (χ1) is 11.9. The van der Waals surface area contributed by atoms with Gasteiger partial charge in [0.1, 0.15) is 5.60 Å². The molecule has 26 heavy (non-hydrogen) atoms. The molecule has 1 aliphatic rings. The highest BCUT2D eigenvalue weighted by molar-refractivity contribution is 5.69. The number of pyridine rings is 1. The van der Waals surface area contributed by atoms with E-state index in [1.807, 2.05) is 0 Å². The zero-order chi connectivity index (χ0) is 19.7. The van der Waals surface area contributed by atoms with Crippen molar-refractivity contribution >= 4 is 6.09 Å². The summed E-state index contributed by atoms with van der Waals surface area (Å²) in [4.78, 5) is 17.2. The topological polar surface area (TPSA) is 60.9 Å². The fraction of sp³-hybridized carbons (Fsp3) is 0.647. The highest BCUT2D eigenvalue weighted by Gasteiger charge is 2.41. The van der Waals surface area contributed by atoms with Gasteiger partial charge >= 0.3 is 12.3 Å². The Bertz CT molecular complexity index is 665. The summed E-state index contributed by atoms with van der Waals surface area (Å²) in [6, 6.07) is 1.55. The van der Waals surface area contributed by atoms with Gasteiger partial charge < -0.3 is 19.1 Å². The van der Waals surface area contributed by atoms with Crippen LogP contribution in [0.1, 0.15) is 43.6 Å². The van der Waals surface area contributed by atoms with Crippen molar-refractivity contribution in [2.45, 2.75) is 45.4 Å². The number of aryl methyl sites for hydroxylation is 1. The minimum atomic E-state index is -4.65. The normalized spacial score (nSPS) is 15.6. The van der Waals surface area contributed by atoms with Gasteiger partial charge in [0.15, 0.2) is 18.2 Å². The van der Waals surface area contributed by atoms with Crippen molar-refractivity contribution < 1.29 is 32.2 Å². The molecule has 9 heteroatoms. The maximum absolute atomic E-state index is 13.3. The van der Waals surface area contributed by atoms with Gasteiger partial charge in [0.25, 0.3) is 0 Å². The third-order valence-corrected chi connectivity index (χ3v) is 3.72. The molecular formula is C17H23F3N2O4. The number of aromatic nitrogens is 1. The van der Waals surface area contributed by atoms with Gasteiger partial charge in [0.05, 0.1) is 0 Å². The molecule has 0 saturated carbocycles. The van der Waals surface area contributed by atoms with Crippen molar-refractivity contribution in [2.24, 2.45) is 0 Å². The minimum absolute atomic E-state index is 0.261. The lowest BCUT2D eigenvalue weighted by Gasteiger charge is -2.39. The van der Waals surface area contributed by atoms with Crippen LogP contribution in [0.15, 0.2) is 6.07 Å². The number of hydrogen-bond donors (Lipinski definition) is 0. The van der Waals surface area contributed by atoms with Crippen molar-refractivity contribution in [3.05, 3.63) is 23.0 Å². The van der Waals surface area contributed by atoms with Crippen LogP contribution in [-0.2, 0) is 15.7 Å². The van der Waals surface area contributed by atoms with Gasteiger partial charge in [-0.2, -0.15) is 13.2 Å². The number of hydrogen-bond acceptors (Lipinski definition) is 5. The molecule has 0 unspecified atom stereocenters. The van der Waals surface area contributed by atoms with E-state index >= 15 is 0 Å². The molecule has 1 amide bonds. The first-order valence-electron chi connectivity index (χ1n) is 8.10. The summed E-state index contributed by atoms with van der Waals surface area (Å²) in [5, 5.41) is 0. The summed E-state index contributed by atoms with van der Waals surface area (Å²) < 4.78 is 55.0. The predicted molar refractivity (Wildman–Crippen MR) is 87.0 cm³/mol. The van der Waals surface area contributed by atoms with E-state index in [0.717, 1.165) is 0 Å². The van der Waals surface area contributed by atoms with Gasteiger partial charge in [-0.05, 0) is 39.3 Å². The number of carbonyl (C=O) groups excluding carboxylic acids is 1. The second-order valence-corrected chi connectivity index (χ2v) is 7.17. The third-order valence-electron chi connectivity index (χ3n) is 3.72. The number of nitrogens with zero attached hydrogens (tertiary/aromatic N) is 2. The first kappa shape index (κ1) is 20.3. The lowest BCUT2D eigenvalue weighted by Crippen LogP contribution is -2.50. The molecule has 1 aromatic rings. The van der Waals surface area contributed by atoms with Gasteiger partial charge in [0.2, 0.25) is 0 Å². The molecule has 0 bridgehead atoms. The van der Waals surface area contributed by atoms with Crippen molar-refractivity contribution in [3.63, 3.8) is 0 Å². The summed E-state index contributed by atoms with van der Waals surface area (Å²) in [5.74, 6) is -0.620. The number of methoxy groups -OCH3 is 1. The number of halogens is 3. The maximum Gasteiger partial charge on any atom is 0.437 e. The van der Waals surface area contributed by atoms with Crippen LogP contribution in [0.2, 0.25) is 0 Å². The molecule has 2 heterocycles. The SMILES string of the molecule is COCOc1c(C)cc(C2CN(C(=O)OC(C)(C)C)C2)nc1C(F)(F)F. The summed E-state index contributed by atoms with van der Waals surface area (Å²) >= 11 is 0. The van der Waals surface area contributed by atoms with E-state index in [2.05, 4.69) is 9.72 Å². The largest absolute Gasteiger partial charge is 0.465 e. The van der Waals surface area contributed by atoms with Gasteiger partial charge in [-0.15, -0.1) is 0 Å². The van der Waals surface area contributed by atoms with Crippen molar-refractivity contribution in [2.75, 3.05) is 27.0 Å². The Labute approximate surface area is 150 Å². The highest BCUT2D eigenvalue weighted by Crippen LogP contribution is 2.39. The first-order valence-corrected chi connectivity index (χ1v) is 8.10. The Balaban J connectivity index is 2.17. The van der Waals surface area contributed by atoms with Gasteiger partial charge in [0, 0.05) is 31.8 Å². The molecule has 0 radical (unpaired) electrons. The van der Waals surface area contributed by atoms with E-state index in [1.165, 1.54) is 18.9 Å². The summed E-state index contributed by atoms with van der Waals surface area (Å²) in [5.41, 5.74) is -1.12. The molecule has 2 rings (SSSR count). The molecule has 6 nitrogen and oxygen atoms in total. The van der Waals surface area contributed by atoms with E-state index in [-0.39, 0.29) is 37.2 Å². The fourth-order valence-corrected chi connectivity index (χ4v) is 2.53. The van der Waals surface area contributed by atoms with E-state index in [0.29, 0.717) is 5.56 Å². The second kappa shape index (κ2) is 7.30. The van der Waals surface area contributed by atoms with Gasteiger partial charge in [-0.25, -0.2) is 9.78 Å². The second-order valence-electron chi connectivity index (χ2n) is 7.17. The Morgan fingerprint density at radius 1 is 1.31 bits per heavy atom. The lowest BCUT2D eigenvalue weighted by atomic mass is 9.94. The van der Waals surface area contributed by atoms with Crippen LogP contribution in [0.5, 0.6) is 5.75 Å². The quantitative estimate of drug-likeness (QED) is 0.750. The number of ether oxygens (including phenoxy) is 3. The summed E-state index contributed by atoms with van der Waals surface area (Å²) in [6.45, 7) is 6.99. The molecule has 1 aliphatic heterocycles. The van der Waals surface area contributed by atoms with Gasteiger partial charge in [-0.1, -0.05) is 0 Å². The van der Waals surface area contributed by atoms with E-state index in [9.17, 15) is 18.0 Å². The van der Waals surface area contributed by atoms with Crippen LogP contribution < -0.4 is 4.74 Å². The third kappa shape index (κ3) is 4.78. The Morgan fingerprint density at radius 2 is 1.92 bits per heavy atom. The summed E-state index contributed by atoms with van der Waals surface area (Å²) in [6.07, 6.45) is -5.14. The van der Waals surface area contributed by atoms with Crippen LogP contribution in [-0.4, -0.2) is 48.6 Å². The standard InChI is InChI=1S/C17H23F3N2O4/c1-10-6-12(11-7-22(8-11)15(23)26-16(2,3)4)21-14(17(18,19)20)13(10)25-9-24-5/h6,11H,7-9H2,1-5H3. The average molecular weight is 376 g/mol. The molecule has 0 aromatic carbocycles. The fourth-order valence-electron chi connectivity index (χ4n) is 2.53. The molecule has 1 saturated heterocycles. The molecule has 0 spiro atoms. The Morgan fingerprint density at radius 3 is 2.42 bits per heavy atom. The number of amides is 1. The Hall–Kier alpha value is -2.03.